The first-order valence-electron chi connectivity index (χ1n) is 10.5. The van der Waals surface area contributed by atoms with E-state index in [9.17, 15) is 0 Å². The van der Waals surface area contributed by atoms with Crippen molar-refractivity contribution in [3.05, 3.63) is 105 Å². The lowest BCUT2D eigenvalue weighted by atomic mass is 9.86. The molecule has 0 spiro atoms. The van der Waals surface area contributed by atoms with E-state index in [-0.39, 0.29) is 0 Å². The van der Waals surface area contributed by atoms with Crippen molar-refractivity contribution in [3.63, 3.8) is 0 Å². The molecule has 6 aromatic rings. The van der Waals surface area contributed by atoms with Gasteiger partial charge < -0.3 is 9.47 Å². The third-order valence-electron chi connectivity index (χ3n) is 6.13. The molecule has 0 saturated heterocycles. The van der Waals surface area contributed by atoms with Crippen LogP contribution < -0.4 is 0 Å². The quantitative estimate of drug-likeness (QED) is 0.105. The zero-order valence-electron chi connectivity index (χ0n) is 17.7. The molecule has 35 heavy (non-hydrogen) atoms. The maximum Gasteiger partial charge on any atom is 0.125 e. The van der Waals surface area contributed by atoms with Crippen LogP contribution in [-0.2, 0) is 9.47 Å². The van der Waals surface area contributed by atoms with Crippen LogP contribution in [0.5, 0.6) is 0 Å². The van der Waals surface area contributed by atoms with E-state index in [1.165, 1.54) is 25.0 Å². The van der Waals surface area contributed by atoms with Gasteiger partial charge >= 0.3 is 0 Å². The van der Waals surface area contributed by atoms with Gasteiger partial charge in [0.25, 0.3) is 0 Å². The Morgan fingerprint density at radius 2 is 1.11 bits per heavy atom. The first-order valence-corrected chi connectivity index (χ1v) is 12.4. The average molecular weight is 559 g/mol. The molecule has 0 N–H and O–H groups in total. The summed E-state index contributed by atoms with van der Waals surface area (Å²) in [5.41, 5.74) is 0. The molecule has 0 aromatic heterocycles. The van der Waals surface area contributed by atoms with E-state index in [0.29, 0.717) is 25.1 Å². The molecule has 6 aromatic carbocycles. The number of hydrogen-bond donors (Lipinski definition) is 0. The lowest BCUT2D eigenvalue weighted by Gasteiger charge is -2.19. The van der Waals surface area contributed by atoms with Gasteiger partial charge in [0.05, 0.1) is 20.1 Å². The molecule has 0 atom stereocenters. The zero-order valence-corrected chi connectivity index (χ0v) is 21.5. The van der Waals surface area contributed by atoms with E-state index in [2.05, 4.69) is 27.7 Å². The second kappa shape index (κ2) is 8.81. The van der Waals surface area contributed by atoms with E-state index in [4.69, 9.17) is 58.0 Å². The highest BCUT2D eigenvalue weighted by Gasteiger charge is 2.22. The molecule has 1 aliphatic rings. The minimum Gasteiger partial charge on any atom is -0.466 e. The Morgan fingerprint density at radius 1 is 0.429 bits per heavy atom. The molecule has 7 heteroatoms. The predicted molar refractivity (Wildman–Crippen MR) is 151 cm³/mol. The molecule has 7 rings (SSSR count). The Morgan fingerprint density at radius 3 is 1.83 bits per heavy atom. The summed E-state index contributed by atoms with van der Waals surface area (Å²) < 4.78 is 9.17. The van der Waals surface area contributed by atoms with E-state index in [1.54, 1.807) is 0 Å². The molecule has 0 radical (unpaired) electrons. The summed E-state index contributed by atoms with van der Waals surface area (Å²) in [7, 11) is 0. The van der Waals surface area contributed by atoms with Crippen molar-refractivity contribution in [1.82, 2.24) is 0 Å². The molecule has 0 amide bonds. The predicted octanol–water partition coefficient (Wildman–Crippen LogP) is 11.1. The van der Waals surface area contributed by atoms with Crippen molar-refractivity contribution in [3.8, 4) is 0 Å². The molecule has 0 unspecified atom stereocenters. The fraction of sp³-hybridized carbons (Fsp3) is 0. The van der Waals surface area contributed by atoms with Crippen LogP contribution in [0.4, 0.5) is 0 Å². The van der Waals surface area contributed by atoms with Crippen molar-refractivity contribution in [2.24, 2.45) is 0 Å². The van der Waals surface area contributed by atoms with E-state index in [0.717, 1.165) is 53.9 Å². The summed E-state index contributed by atoms with van der Waals surface area (Å²) in [5, 5.41) is 12.5. The van der Waals surface area contributed by atoms with Crippen LogP contribution in [0.1, 0.15) is 0 Å². The summed E-state index contributed by atoms with van der Waals surface area (Å²) in [6, 6.07) is 18.1. The average Bonchev–Trinajstić information content (AvgIpc) is 2.88. The third kappa shape index (κ3) is 3.56. The Labute approximate surface area is 225 Å². The number of rotatable bonds is 0. The van der Waals surface area contributed by atoms with Gasteiger partial charge in [-0.1, -0.05) is 88.3 Å². The minimum atomic E-state index is 0.357. The molecule has 1 aliphatic heterocycles. The molecule has 1 heterocycles. The van der Waals surface area contributed by atoms with Gasteiger partial charge in [-0.05, 0) is 56.6 Å². The highest BCUT2D eigenvalue weighted by molar-refractivity contribution is 6.55. The molecular weight excluding hydrogens is 546 g/mol. The fourth-order valence-electron chi connectivity index (χ4n) is 4.79. The first kappa shape index (κ1) is 22.8. The van der Waals surface area contributed by atoms with Crippen molar-refractivity contribution in [1.29, 1.82) is 0 Å². The minimum absolute atomic E-state index is 0.357. The SMILES string of the molecule is C1=COC=CO1.Clc1cc2c3ccc(Cl)c4c(Cl)cc5cc6ccccc6c(c2c(Cl)c1Cl)c5c43. The maximum atomic E-state index is 6.80. The largest absolute Gasteiger partial charge is 0.466 e. The van der Waals surface area contributed by atoms with Gasteiger partial charge in [0.2, 0.25) is 0 Å². The third-order valence-corrected chi connectivity index (χ3v) is 8.01. The van der Waals surface area contributed by atoms with Gasteiger partial charge in [-0.3, -0.25) is 0 Å². The Balaban J connectivity index is 0.000000336. The molecular formula is C28H13Cl5O2. The molecule has 0 aliphatic carbocycles. The van der Waals surface area contributed by atoms with Gasteiger partial charge in [-0.25, -0.2) is 0 Å². The van der Waals surface area contributed by atoms with Gasteiger partial charge in [0.1, 0.15) is 25.0 Å². The van der Waals surface area contributed by atoms with Crippen LogP contribution in [-0.4, -0.2) is 0 Å². The number of halogens is 5. The normalized spacial score (nSPS) is 12.9. The Kier molecular flexibility index (Phi) is 5.75. The van der Waals surface area contributed by atoms with Crippen LogP contribution in [0, 0.1) is 0 Å². The lowest BCUT2D eigenvalue weighted by Crippen LogP contribution is -1.91. The monoisotopic (exact) mass is 556 g/mol. The zero-order chi connectivity index (χ0) is 24.3. The summed E-state index contributed by atoms with van der Waals surface area (Å²) >= 11 is 33.0. The smallest absolute Gasteiger partial charge is 0.125 e. The van der Waals surface area contributed by atoms with Crippen molar-refractivity contribution in [2.75, 3.05) is 0 Å². The molecule has 0 bridgehead atoms. The molecule has 0 fully saturated rings. The van der Waals surface area contributed by atoms with Crippen LogP contribution in [0.2, 0.25) is 25.1 Å². The van der Waals surface area contributed by atoms with Crippen LogP contribution in [0.25, 0.3) is 53.9 Å². The maximum absolute atomic E-state index is 6.80. The summed E-state index contributed by atoms with van der Waals surface area (Å²) in [5.74, 6) is 0. The number of benzene rings is 6. The van der Waals surface area contributed by atoms with Crippen LogP contribution in [0.3, 0.4) is 0 Å². The fourth-order valence-corrected chi connectivity index (χ4v) is 6.11. The summed E-state index contributed by atoms with van der Waals surface area (Å²) in [6.07, 6.45) is 5.83. The van der Waals surface area contributed by atoms with Crippen molar-refractivity contribution >= 4 is 112 Å². The highest BCUT2D eigenvalue weighted by Crippen LogP contribution is 2.51. The van der Waals surface area contributed by atoms with Gasteiger partial charge in [0, 0.05) is 26.6 Å². The van der Waals surface area contributed by atoms with Crippen molar-refractivity contribution < 1.29 is 9.47 Å². The topological polar surface area (TPSA) is 18.5 Å². The van der Waals surface area contributed by atoms with Crippen LogP contribution >= 0.6 is 58.0 Å². The highest BCUT2D eigenvalue weighted by atomic mass is 35.5. The standard InChI is InChI=1S/C24H9Cl5.C4H4O2/c25-15-6-5-13-14-9-17(27)23(28)24(29)21(14)19-12-4-2-1-3-10(12)7-11-8-16(26)22(15)20(13)18(11)19;1-2-6-4-3-5-1/h1-9H;1-4H. The number of fused-ring (bicyclic) bond motifs is 5. The Bertz CT molecular complexity index is 1840. The summed E-state index contributed by atoms with van der Waals surface area (Å²) in [4.78, 5) is 0. The van der Waals surface area contributed by atoms with E-state index >= 15 is 0 Å². The molecule has 0 saturated carbocycles. The number of ether oxygens (including phenoxy) is 2. The van der Waals surface area contributed by atoms with Gasteiger partial charge in [-0.15, -0.1) is 0 Å². The van der Waals surface area contributed by atoms with E-state index in [1.807, 2.05) is 36.4 Å². The van der Waals surface area contributed by atoms with Crippen LogP contribution in [0.15, 0.2) is 79.6 Å². The van der Waals surface area contributed by atoms with Gasteiger partial charge in [0.15, 0.2) is 0 Å². The van der Waals surface area contributed by atoms with E-state index < -0.39 is 0 Å². The number of hydrogen-bond acceptors (Lipinski definition) is 2. The first-order chi connectivity index (χ1) is 17.0. The molecule has 2 nitrogen and oxygen atoms in total. The lowest BCUT2D eigenvalue weighted by molar-refractivity contribution is 0.290. The summed E-state index contributed by atoms with van der Waals surface area (Å²) in [6.45, 7) is 0. The second-order valence-corrected chi connectivity index (χ2v) is 9.98. The molecule has 172 valence electrons. The second-order valence-electron chi connectivity index (χ2n) is 8.00. The van der Waals surface area contributed by atoms with Gasteiger partial charge in [-0.2, -0.15) is 0 Å². The van der Waals surface area contributed by atoms with Crippen molar-refractivity contribution in [2.45, 2.75) is 0 Å². The Hall–Kier alpha value is -2.59.